The zero-order valence-corrected chi connectivity index (χ0v) is 13.7. The Kier molecular flexibility index (Phi) is 5.45. The zero-order valence-electron chi connectivity index (χ0n) is 12.9. The second-order valence-electron chi connectivity index (χ2n) is 5.46. The van der Waals surface area contributed by atoms with Crippen LogP contribution in [0.5, 0.6) is 0 Å². The van der Waals surface area contributed by atoms with Gasteiger partial charge in [-0.05, 0) is 23.6 Å². The number of benzene rings is 1. The summed E-state index contributed by atoms with van der Waals surface area (Å²) in [4.78, 5) is 14.9. The number of nitrogens with zero attached hydrogens (tertiary/aromatic N) is 1. The normalized spacial score (nSPS) is 13.0. The van der Waals surface area contributed by atoms with E-state index in [4.69, 9.17) is 5.21 Å². The number of anilines is 1. The van der Waals surface area contributed by atoms with Crippen LogP contribution in [-0.4, -0.2) is 16.1 Å². The van der Waals surface area contributed by atoms with Crippen LogP contribution in [0.3, 0.4) is 0 Å². The average Bonchev–Trinajstić information content (AvgIpc) is 3.01. The third kappa shape index (κ3) is 4.24. The molecule has 2 rings (SSSR count). The van der Waals surface area contributed by atoms with Gasteiger partial charge in [-0.2, -0.15) is 13.2 Å². The van der Waals surface area contributed by atoms with Crippen LogP contribution >= 0.6 is 11.3 Å². The first kappa shape index (κ1) is 18.2. The maximum Gasteiger partial charge on any atom is 0.434 e. The predicted molar refractivity (Wildman–Crippen MR) is 84.0 cm³/mol. The number of hydrogen-bond donors (Lipinski definition) is 3. The maximum absolute atomic E-state index is 12.6. The van der Waals surface area contributed by atoms with E-state index < -0.39 is 17.8 Å². The van der Waals surface area contributed by atoms with Crippen molar-refractivity contribution in [2.45, 2.75) is 26.1 Å². The van der Waals surface area contributed by atoms with Crippen molar-refractivity contribution in [2.24, 2.45) is 5.92 Å². The van der Waals surface area contributed by atoms with Crippen LogP contribution in [0, 0.1) is 5.92 Å². The molecule has 1 heterocycles. The van der Waals surface area contributed by atoms with Gasteiger partial charge >= 0.3 is 6.18 Å². The number of hydrogen-bond acceptors (Lipinski definition) is 5. The minimum Gasteiger partial charge on any atom is -0.354 e. The Morgan fingerprint density at radius 3 is 2.33 bits per heavy atom. The van der Waals surface area contributed by atoms with Crippen LogP contribution in [0.4, 0.5) is 18.3 Å². The molecule has 1 atom stereocenters. The Balaban J connectivity index is 2.20. The highest BCUT2D eigenvalue weighted by atomic mass is 32.1. The first-order valence-electron chi connectivity index (χ1n) is 7.06. The van der Waals surface area contributed by atoms with Gasteiger partial charge < -0.3 is 5.32 Å². The molecule has 3 N–H and O–H groups in total. The van der Waals surface area contributed by atoms with Crippen LogP contribution in [-0.2, 0) is 6.18 Å². The maximum atomic E-state index is 12.6. The van der Waals surface area contributed by atoms with E-state index in [9.17, 15) is 18.0 Å². The van der Waals surface area contributed by atoms with E-state index in [0.717, 1.165) is 22.3 Å². The van der Waals surface area contributed by atoms with E-state index >= 15 is 0 Å². The lowest BCUT2D eigenvalue weighted by molar-refractivity contribution is -0.140. The smallest absolute Gasteiger partial charge is 0.354 e. The van der Waals surface area contributed by atoms with Gasteiger partial charge in [0.2, 0.25) is 0 Å². The van der Waals surface area contributed by atoms with E-state index in [0.29, 0.717) is 0 Å². The van der Waals surface area contributed by atoms with Crippen molar-refractivity contribution in [1.82, 2.24) is 10.5 Å². The fourth-order valence-electron chi connectivity index (χ4n) is 2.14. The van der Waals surface area contributed by atoms with Gasteiger partial charge in [0.1, 0.15) is 0 Å². The van der Waals surface area contributed by atoms with E-state index in [1.807, 2.05) is 13.8 Å². The Bertz CT molecular complexity index is 699. The zero-order chi connectivity index (χ0) is 17.9. The third-order valence-corrected chi connectivity index (χ3v) is 4.15. The number of carbonyl (C=O) groups excluding carboxylic acids is 1. The fourth-order valence-corrected chi connectivity index (χ4v) is 2.90. The first-order valence-corrected chi connectivity index (χ1v) is 7.94. The second-order valence-corrected chi connectivity index (χ2v) is 6.32. The van der Waals surface area contributed by atoms with Crippen molar-refractivity contribution >= 4 is 22.4 Å². The lowest BCUT2D eigenvalue weighted by Gasteiger charge is -2.22. The highest BCUT2D eigenvalue weighted by molar-refractivity contribution is 7.13. The number of hydroxylamine groups is 1. The number of aromatic nitrogens is 1. The van der Waals surface area contributed by atoms with E-state index in [1.165, 1.54) is 17.6 Å². The summed E-state index contributed by atoms with van der Waals surface area (Å²) in [7, 11) is 0. The molecule has 0 bridgehead atoms. The Labute approximate surface area is 140 Å². The summed E-state index contributed by atoms with van der Waals surface area (Å²) in [6.07, 6.45) is -4.47. The highest BCUT2D eigenvalue weighted by Crippen LogP contribution is 2.34. The molecule has 0 aliphatic rings. The van der Waals surface area contributed by atoms with Crippen molar-refractivity contribution < 1.29 is 23.2 Å². The summed E-state index contributed by atoms with van der Waals surface area (Å²) in [5.41, 5.74) is 1.69. The van der Waals surface area contributed by atoms with Crippen LogP contribution in [0.25, 0.3) is 0 Å². The minimum absolute atomic E-state index is 0.0701. The molecule has 5 nitrogen and oxygen atoms in total. The van der Waals surface area contributed by atoms with E-state index in [1.54, 1.807) is 12.1 Å². The van der Waals surface area contributed by atoms with Gasteiger partial charge in [0, 0.05) is 10.9 Å². The topological polar surface area (TPSA) is 74.2 Å². The SMILES string of the molecule is CC(C)C(Nc1nc(C(F)(F)F)cs1)c1ccc(C(=O)NO)cc1. The Hall–Kier alpha value is -2.13. The number of carbonyl (C=O) groups is 1. The highest BCUT2D eigenvalue weighted by Gasteiger charge is 2.34. The average molecular weight is 359 g/mol. The lowest BCUT2D eigenvalue weighted by atomic mass is 9.95. The number of nitrogens with one attached hydrogen (secondary N) is 2. The first-order chi connectivity index (χ1) is 11.2. The molecule has 1 amide bonds. The third-order valence-electron chi connectivity index (χ3n) is 3.37. The van der Waals surface area contributed by atoms with Crippen molar-refractivity contribution in [3.8, 4) is 0 Å². The van der Waals surface area contributed by atoms with Gasteiger partial charge in [-0.15, -0.1) is 11.3 Å². The molecule has 1 aromatic carbocycles. The van der Waals surface area contributed by atoms with Crippen LogP contribution in [0.2, 0.25) is 0 Å². The molecule has 0 saturated heterocycles. The van der Waals surface area contributed by atoms with Gasteiger partial charge in [-0.3, -0.25) is 10.0 Å². The molecule has 1 unspecified atom stereocenters. The summed E-state index contributed by atoms with van der Waals surface area (Å²) in [6, 6.07) is 6.14. The van der Waals surface area contributed by atoms with Gasteiger partial charge in [0.05, 0.1) is 6.04 Å². The minimum atomic E-state index is -4.47. The molecule has 1 aromatic heterocycles. The largest absolute Gasteiger partial charge is 0.434 e. The molecule has 0 aliphatic carbocycles. The quantitative estimate of drug-likeness (QED) is 0.555. The second kappa shape index (κ2) is 7.18. The van der Waals surface area contributed by atoms with Crippen molar-refractivity contribution in [1.29, 1.82) is 0 Å². The summed E-state index contributed by atoms with van der Waals surface area (Å²) < 4.78 is 37.9. The molecule has 0 radical (unpaired) electrons. The monoisotopic (exact) mass is 359 g/mol. The number of amides is 1. The van der Waals surface area contributed by atoms with Crippen molar-refractivity contribution in [3.63, 3.8) is 0 Å². The standard InChI is InChI=1S/C15H16F3N3O2S/c1-8(2)12(9-3-5-10(6-4-9)13(22)21-23)20-14-19-11(7-24-14)15(16,17)18/h3-8,12,23H,1-2H3,(H,19,20)(H,21,22). The van der Waals surface area contributed by atoms with Crippen molar-refractivity contribution in [2.75, 3.05) is 5.32 Å². The molecule has 2 aromatic rings. The summed E-state index contributed by atoms with van der Waals surface area (Å²) in [6.45, 7) is 3.84. The molecule has 24 heavy (non-hydrogen) atoms. The Morgan fingerprint density at radius 1 is 1.25 bits per heavy atom. The Morgan fingerprint density at radius 2 is 1.88 bits per heavy atom. The molecule has 9 heteroatoms. The molecule has 0 fully saturated rings. The van der Waals surface area contributed by atoms with Crippen molar-refractivity contribution in [3.05, 3.63) is 46.5 Å². The van der Waals surface area contributed by atoms with E-state index in [2.05, 4.69) is 10.3 Å². The van der Waals surface area contributed by atoms with E-state index in [-0.39, 0.29) is 22.7 Å². The summed E-state index contributed by atoms with van der Waals surface area (Å²) >= 11 is 0.889. The fraction of sp³-hybridized carbons (Fsp3) is 0.333. The van der Waals surface area contributed by atoms with Crippen LogP contribution < -0.4 is 10.8 Å². The number of rotatable bonds is 5. The van der Waals surface area contributed by atoms with Gasteiger partial charge in [0.25, 0.3) is 5.91 Å². The molecule has 0 spiro atoms. The van der Waals surface area contributed by atoms with Gasteiger partial charge in [0.15, 0.2) is 10.8 Å². The molecule has 130 valence electrons. The lowest BCUT2D eigenvalue weighted by Crippen LogP contribution is -2.20. The molecular formula is C15H16F3N3O2S. The summed E-state index contributed by atoms with van der Waals surface area (Å²) in [5, 5.41) is 12.8. The van der Waals surface area contributed by atoms with Crippen LogP contribution in [0.15, 0.2) is 29.6 Å². The van der Waals surface area contributed by atoms with Gasteiger partial charge in [-0.25, -0.2) is 10.5 Å². The number of thiazole rings is 1. The molecular weight excluding hydrogens is 343 g/mol. The van der Waals surface area contributed by atoms with Crippen LogP contribution in [0.1, 0.15) is 41.5 Å². The predicted octanol–water partition coefficient (Wildman–Crippen LogP) is 4.09. The van der Waals surface area contributed by atoms with Gasteiger partial charge in [-0.1, -0.05) is 26.0 Å². The molecule has 0 saturated carbocycles. The number of alkyl halides is 3. The summed E-state index contributed by atoms with van der Waals surface area (Å²) in [5.74, 6) is -0.564. The number of halogens is 3. The molecule has 0 aliphatic heterocycles.